The van der Waals surface area contributed by atoms with E-state index < -0.39 is 0 Å². The highest BCUT2D eigenvalue weighted by molar-refractivity contribution is 9.10. The van der Waals surface area contributed by atoms with E-state index in [2.05, 4.69) is 31.2 Å². The van der Waals surface area contributed by atoms with Crippen molar-refractivity contribution in [1.82, 2.24) is 9.97 Å². The Morgan fingerprint density at radius 3 is 2.81 bits per heavy atom. The number of phenolic OH excluding ortho intramolecular Hbond substituents is 1. The third-order valence-corrected chi connectivity index (χ3v) is 3.48. The van der Waals surface area contributed by atoms with Gasteiger partial charge in [0.25, 0.3) is 0 Å². The number of phenols is 1. The second-order valence-electron chi connectivity index (χ2n) is 4.14. The lowest BCUT2D eigenvalue weighted by molar-refractivity contribution is 0.326. The summed E-state index contributed by atoms with van der Waals surface area (Å²) < 4.78 is 11.2. The van der Waals surface area contributed by atoms with Crippen LogP contribution in [0.4, 0.5) is 5.82 Å². The van der Waals surface area contributed by atoms with Crippen LogP contribution in [-0.2, 0) is 6.54 Å². The van der Waals surface area contributed by atoms with E-state index in [1.807, 2.05) is 6.92 Å². The maximum Gasteiger partial charge on any atom is 0.218 e. The molecule has 0 atom stereocenters. The van der Waals surface area contributed by atoms with Gasteiger partial charge in [-0.25, -0.2) is 9.97 Å². The van der Waals surface area contributed by atoms with E-state index in [0.717, 1.165) is 10.0 Å². The van der Waals surface area contributed by atoms with Gasteiger partial charge in [0, 0.05) is 17.1 Å². The van der Waals surface area contributed by atoms with Gasteiger partial charge in [0.2, 0.25) is 5.88 Å². The molecule has 1 aromatic carbocycles. The number of benzene rings is 1. The fourth-order valence-corrected chi connectivity index (χ4v) is 2.20. The first kappa shape index (κ1) is 15.4. The normalized spacial score (nSPS) is 10.2. The van der Waals surface area contributed by atoms with Gasteiger partial charge < -0.3 is 19.9 Å². The molecule has 7 heteroatoms. The van der Waals surface area contributed by atoms with Crippen LogP contribution in [-0.4, -0.2) is 28.8 Å². The van der Waals surface area contributed by atoms with Crippen LogP contribution in [0.25, 0.3) is 0 Å². The minimum atomic E-state index is 0.0915. The van der Waals surface area contributed by atoms with Crippen LogP contribution in [0.5, 0.6) is 17.4 Å². The Bertz CT molecular complexity index is 622. The maximum atomic E-state index is 9.68. The van der Waals surface area contributed by atoms with Crippen molar-refractivity contribution in [2.75, 3.05) is 19.0 Å². The van der Waals surface area contributed by atoms with Gasteiger partial charge in [0.15, 0.2) is 11.5 Å². The maximum absolute atomic E-state index is 9.68. The topological polar surface area (TPSA) is 76.5 Å². The first-order valence-electron chi connectivity index (χ1n) is 6.38. The predicted molar refractivity (Wildman–Crippen MR) is 82.9 cm³/mol. The predicted octanol–water partition coefficient (Wildman–Crippen LogP) is 2.96. The minimum Gasteiger partial charge on any atom is -0.504 e. The van der Waals surface area contributed by atoms with Crippen LogP contribution >= 0.6 is 15.9 Å². The first-order chi connectivity index (χ1) is 10.1. The molecule has 0 radical (unpaired) electrons. The van der Waals surface area contributed by atoms with E-state index >= 15 is 0 Å². The molecule has 0 aliphatic rings. The smallest absolute Gasteiger partial charge is 0.218 e. The summed E-state index contributed by atoms with van der Waals surface area (Å²) in [5.74, 6) is 1.70. The lowest BCUT2D eigenvalue weighted by Gasteiger charge is -2.11. The monoisotopic (exact) mass is 353 g/mol. The Balaban J connectivity index is 2.11. The summed E-state index contributed by atoms with van der Waals surface area (Å²) in [6.07, 6.45) is 1.44. The molecule has 112 valence electrons. The van der Waals surface area contributed by atoms with Crippen molar-refractivity contribution >= 4 is 21.7 Å². The van der Waals surface area contributed by atoms with Crippen molar-refractivity contribution in [2.45, 2.75) is 13.5 Å². The molecule has 6 nitrogen and oxygen atoms in total. The molecule has 1 aromatic heterocycles. The highest BCUT2D eigenvalue weighted by atomic mass is 79.9. The first-order valence-corrected chi connectivity index (χ1v) is 7.17. The van der Waals surface area contributed by atoms with Gasteiger partial charge in [0.1, 0.15) is 12.1 Å². The Morgan fingerprint density at radius 1 is 1.29 bits per heavy atom. The third kappa shape index (κ3) is 3.98. The molecule has 0 aliphatic carbocycles. The van der Waals surface area contributed by atoms with Gasteiger partial charge in [-0.15, -0.1) is 0 Å². The zero-order valence-electron chi connectivity index (χ0n) is 11.8. The molecule has 0 aliphatic heterocycles. The molecule has 0 saturated heterocycles. The number of hydrogen-bond donors (Lipinski definition) is 2. The molecule has 2 rings (SSSR count). The van der Waals surface area contributed by atoms with Crippen LogP contribution in [0.3, 0.4) is 0 Å². The van der Waals surface area contributed by atoms with E-state index in [1.165, 1.54) is 13.4 Å². The van der Waals surface area contributed by atoms with Crippen LogP contribution < -0.4 is 14.8 Å². The lowest BCUT2D eigenvalue weighted by Crippen LogP contribution is -2.04. The number of aromatic nitrogens is 2. The summed E-state index contributed by atoms with van der Waals surface area (Å²) >= 11 is 3.41. The number of hydrogen-bond acceptors (Lipinski definition) is 6. The van der Waals surface area contributed by atoms with Gasteiger partial charge in [-0.3, -0.25) is 0 Å². The number of rotatable bonds is 6. The minimum absolute atomic E-state index is 0.0915. The zero-order chi connectivity index (χ0) is 15.2. The SMILES string of the molecule is CCOc1cc(NCc2cc(OC)c(O)cc2Br)ncn1. The number of nitrogens with zero attached hydrogens (tertiary/aromatic N) is 2. The quantitative estimate of drug-likeness (QED) is 0.831. The van der Waals surface area contributed by atoms with Gasteiger partial charge in [0.05, 0.1) is 13.7 Å². The van der Waals surface area contributed by atoms with E-state index in [4.69, 9.17) is 9.47 Å². The van der Waals surface area contributed by atoms with Crippen LogP contribution in [0.2, 0.25) is 0 Å². The summed E-state index contributed by atoms with van der Waals surface area (Å²) in [6.45, 7) is 2.96. The largest absolute Gasteiger partial charge is 0.504 e. The summed E-state index contributed by atoms with van der Waals surface area (Å²) in [4.78, 5) is 8.13. The van der Waals surface area contributed by atoms with E-state index in [9.17, 15) is 5.11 Å². The van der Waals surface area contributed by atoms with Crippen LogP contribution in [0.15, 0.2) is 29.0 Å². The number of ether oxygens (including phenoxy) is 2. The van der Waals surface area contributed by atoms with E-state index in [-0.39, 0.29) is 5.75 Å². The standard InChI is InChI=1S/C14H16BrN3O3/c1-3-21-14-6-13(17-8-18-14)16-7-9-4-12(20-2)11(19)5-10(9)15/h4-6,8,19H,3,7H2,1-2H3,(H,16,17,18). The number of methoxy groups -OCH3 is 1. The molecular formula is C14H16BrN3O3. The molecule has 0 fully saturated rings. The molecule has 1 heterocycles. The summed E-state index contributed by atoms with van der Waals surface area (Å²) in [5, 5.41) is 12.9. The molecule has 0 saturated carbocycles. The van der Waals surface area contributed by atoms with Crippen molar-refractivity contribution in [3.05, 3.63) is 34.6 Å². The highest BCUT2D eigenvalue weighted by Crippen LogP contribution is 2.32. The summed E-state index contributed by atoms with van der Waals surface area (Å²) in [6, 6.07) is 5.09. The molecule has 2 N–H and O–H groups in total. The fraction of sp³-hybridized carbons (Fsp3) is 0.286. The van der Waals surface area contributed by atoms with Crippen molar-refractivity contribution < 1.29 is 14.6 Å². The van der Waals surface area contributed by atoms with Crippen LogP contribution in [0.1, 0.15) is 12.5 Å². The van der Waals surface area contributed by atoms with Gasteiger partial charge in [-0.1, -0.05) is 15.9 Å². The highest BCUT2D eigenvalue weighted by Gasteiger charge is 2.08. The summed E-state index contributed by atoms with van der Waals surface area (Å²) in [5.41, 5.74) is 0.932. The lowest BCUT2D eigenvalue weighted by atomic mass is 10.2. The molecule has 21 heavy (non-hydrogen) atoms. The van der Waals surface area contributed by atoms with Crippen LogP contribution in [0, 0.1) is 0 Å². The Labute approximate surface area is 131 Å². The van der Waals surface area contributed by atoms with Gasteiger partial charge in [-0.05, 0) is 24.6 Å². The Morgan fingerprint density at radius 2 is 2.10 bits per heavy atom. The average Bonchev–Trinajstić information content (AvgIpc) is 2.47. The van der Waals surface area contributed by atoms with Crippen molar-refractivity contribution in [3.63, 3.8) is 0 Å². The zero-order valence-corrected chi connectivity index (χ0v) is 13.3. The van der Waals surface area contributed by atoms with Gasteiger partial charge >= 0.3 is 0 Å². The summed E-state index contributed by atoms with van der Waals surface area (Å²) in [7, 11) is 1.51. The van der Waals surface area contributed by atoms with Crippen molar-refractivity contribution in [3.8, 4) is 17.4 Å². The third-order valence-electron chi connectivity index (χ3n) is 2.74. The molecule has 0 spiro atoms. The molecule has 0 amide bonds. The average molecular weight is 354 g/mol. The molecule has 2 aromatic rings. The Hall–Kier alpha value is -2.02. The molecular weight excluding hydrogens is 338 g/mol. The van der Waals surface area contributed by atoms with E-state index in [0.29, 0.717) is 30.6 Å². The fourth-order valence-electron chi connectivity index (χ4n) is 1.73. The van der Waals surface area contributed by atoms with Crippen molar-refractivity contribution in [2.24, 2.45) is 0 Å². The number of anilines is 1. The number of nitrogens with one attached hydrogen (secondary N) is 1. The van der Waals surface area contributed by atoms with Crippen molar-refractivity contribution in [1.29, 1.82) is 0 Å². The van der Waals surface area contributed by atoms with Gasteiger partial charge in [-0.2, -0.15) is 0 Å². The number of halogens is 1. The second-order valence-corrected chi connectivity index (χ2v) is 5.00. The molecule has 0 bridgehead atoms. The van der Waals surface area contributed by atoms with E-state index in [1.54, 1.807) is 18.2 Å². The second kappa shape index (κ2) is 7.12. The molecule has 0 unspecified atom stereocenters. The number of aromatic hydroxyl groups is 1. The Kier molecular flexibility index (Phi) is 5.21.